The molecular weight excluding hydrogens is 364 g/mol. The van der Waals surface area contributed by atoms with Crippen molar-refractivity contribution < 1.29 is 0 Å². The molecule has 0 fully saturated rings. The van der Waals surface area contributed by atoms with Crippen LogP contribution in [0.2, 0.25) is 0 Å². The van der Waals surface area contributed by atoms with Gasteiger partial charge in [0.25, 0.3) is 0 Å². The van der Waals surface area contributed by atoms with E-state index >= 15 is 0 Å². The van der Waals surface area contributed by atoms with Crippen LogP contribution in [-0.2, 0) is 11.1 Å². The maximum atomic E-state index is 5.03. The molecule has 0 saturated carbocycles. The SMILES string of the molecule is CCCCC(C=NC(C)(C)c1cccc(C(C)(C)N=CC(CC)CCCC)c1)CC. The molecule has 0 radical (unpaired) electrons. The summed E-state index contributed by atoms with van der Waals surface area (Å²) in [4.78, 5) is 10.1. The zero-order valence-corrected chi connectivity index (χ0v) is 21.2. The van der Waals surface area contributed by atoms with Gasteiger partial charge in [-0.3, -0.25) is 9.98 Å². The highest BCUT2D eigenvalue weighted by atomic mass is 14.8. The fourth-order valence-electron chi connectivity index (χ4n) is 3.71. The third-order valence-corrected chi connectivity index (χ3v) is 6.40. The molecule has 1 aromatic carbocycles. The van der Waals surface area contributed by atoms with E-state index in [0.717, 1.165) is 12.8 Å². The summed E-state index contributed by atoms with van der Waals surface area (Å²) in [7, 11) is 0. The highest BCUT2D eigenvalue weighted by molar-refractivity contribution is 5.62. The van der Waals surface area contributed by atoms with Gasteiger partial charge in [0.2, 0.25) is 0 Å². The van der Waals surface area contributed by atoms with Gasteiger partial charge in [-0.15, -0.1) is 0 Å². The van der Waals surface area contributed by atoms with Crippen molar-refractivity contribution in [3.63, 3.8) is 0 Å². The lowest BCUT2D eigenvalue weighted by Gasteiger charge is -2.26. The molecule has 0 heterocycles. The van der Waals surface area contributed by atoms with Gasteiger partial charge in [-0.1, -0.05) is 77.6 Å². The number of hydrogen-bond donors (Lipinski definition) is 0. The van der Waals surface area contributed by atoms with Crippen molar-refractivity contribution in [3.05, 3.63) is 35.4 Å². The smallest absolute Gasteiger partial charge is 0.0796 e. The van der Waals surface area contributed by atoms with E-state index < -0.39 is 0 Å². The zero-order valence-electron chi connectivity index (χ0n) is 21.2. The molecule has 0 aliphatic rings. The third kappa shape index (κ3) is 8.74. The van der Waals surface area contributed by atoms with Crippen LogP contribution in [0.25, 0.3) is 0 Å². The first kappa shape index (κ1) is 26.6. The van der Waals surface area contributed by atoms with E-state index in [1.54, 1.807) is 0 Å². The molecule has 30 heavy (non-hydrogen) atoms. The van der Waals surface area contributed by atoms with Crippen molar-refractivity contribution in [2.24, 2.45) is 21.8 Å². The third-order valence-electron chi connectivity index (χ3n) is 6.40. The van der Waals surface area contributed by atoms with E-state index in [4.69, 9.17) is 9.98 Å². The minimum Gasteiger partial charge on any atom is -0.286 e. The Morgan fingerprint density at radius 2 is 1.13 bits per heavy atom. The normalized spacial score (nSPS) is 15.2. The molecule has 1 rings (SSSR count). The van der Waals surface area contributed by atoms with Crippen LogP contribution in [0.15, 0.2) is 34.3 Å². The minimum atomic E-state index is -0.220. The second-order valence-corrected chi connectivity index (χ2v) is 9.88. The lowest BCUT2D eigenvalue weighted by molar-refractivity contribution is 0.522. The second kappa shape index (κ2) is 13.1. The van der Waals surface area contributed by atoms with Crippen molar-refractivity contribution >= 4 is 12.4 Å². The summed E-state index contributed by atoms with van der Waals surface area (Å²) >= 11 is 0. The average molecular weight is 413 g/mol. The minimum absolute atomic E-state index is 0.220. The Morgan fingerprint density at radius 3 is 1.47 bits per heavy atom. The Hall–Kier alpha value is -1.44. The first-order valence-electron chi connectivity index (χ1n) is 12.4. The molecule has 170 valence electrons. The molecule has 0 saturated heterocycles. The van der Waals surface area contributed by atoms with Gasteiger partial charge in [0.1, 0.15) is 0 Å². The molecular formula is C28H48N2. The van der Waals surface area contributed by atoms with Crippen molar-refractivity contribution in [3.8, 4) is 0 Å². The van der Waals surface area contributed by atoms with E-state index in [1.165, 1.54) is 49.7 Å². The molecule has 2 heteroatoms. The number of hydrogen-bond acceptors (Lipinski definition) is 2. The first-order chi connectivity index (χ1) is 14.2. The van der Waals surface area contributed by atoms with Crippen LogP contribution < -0.4 is 0 Å². The number of aliphatic imine (C=N–C) groups is 2. The van der Waals surface area contributed by atoms with E-state index in [2.05, 4.69) is 92.1 Å². The molecule has 0 aromatic heterocycles. The van der Waals surface area contributed by atoms with E-state index in [0.29, 0.717) is 11.8 Å². The van der Waals surface area contributed by atoms with Crippen LogP contribution in [-0.4, -0.2) is 12.4 Å². The van der Waals surface area contributed by atoms with Crippen LogP contribution in [0.3, 0.4) is 0 Å². The Kier molecular flexibility index (Phi) is 11.6. The van der Waals surface area contributed by atoms with Gasteiger partial charge in [-0.2, -0.15) is 0 Å². The Bertz CT molecular complexity index is 601. The van der Waals surface area contributed by atoms with E-state index in [1.807, 2.05) is 0 Å². The second-order valence-electron chi connectivity index (χ2n) is 9.88. The van der Waals surface area contributed by atoms with Crippen LogP contribution >= 0.6 is 0 Å². The highest BCUT2D eigenvalue weighted by Gasteiger charge is 2.24. The van der Waals surface area contributed by atoms with Crippen LogP contribution in [0.5, 0.6) is 0 Å². The van der Waals surface area contributed by atoms with Crippen LogP contribution in [0.4, 0.5) is 0 Å². The lowest BCUT2D eigenvalue weighted by atomic mass is 9.87. The largest absolute Gasteiger partial charge is 0.286 e. The van der Waals surface area contributed by atoms with Crippen LogP contribution in [0.1, 0.15) is 118 Å². The van der Waals surface area contributed by atoms with Gasteiger partial charge in [0, 0.05) is 12.4 Å². The molecule has 1 aromatic rings. The van der Waals surface area contributed by atoms with Crippen molar-refractivity contribution in [1.29, 1.82) is 0 Å². The van der Waals surface area contributed by atoms with E-state index in [-0.39, 0.29) is 11.1 Å². The number of nitrogens with zero attached hydrogens (tertiary/aromatic N) is 2. The molecule has 0 amide bonds. The molecule has 0 aliphatic heterocycles. The molecule has 0 spiro atoms. The summed E-state index contributed by atoms with van der Waals surface area (Å²) in [6.45, 7) is 18.0. The standard InChI is InChI=1S/C28H48N2/c1-9-13-16-23(11-3)21-29-27(5,6)25-18-15-19-26(20-25)28(7,8)30-22-24(12-4)17-14-10-2/h15,18-24H,9-14,16-17H2,1-8H3. The van der Waals surface area contributed by atoms with Gasteiger partial charge < -0.3 is 0 Å². The Labute approximate surface area is 187 Å². The van der Waals surface area contributed by atoms with Gasteiger partial charge in [0.15, 0.2) is 0 Å². The summed E-state index contributed by atoms with van der Waals surface area (Å²) in [6.07, 6.45) is 14.3. The predicted molar refractivity (Wildman–Crippen MR) is 136 cm³/mol. The topological polar surface area (TPSA) is 24.7 Å². The molecule has 2 unspecified atom stereocenters. The quantitative estimate of drug-likeness (QED) is 0.273. The summed E-state index contributed by atoms with van der Waals surface area (Å²) < 4.78 is 0. The Morgan fingerprint density at radius 1 is 0.733 bits per heavy atom. The predicted octanol–water partition coefficient (Wildman–Crippen LogP) is 8.73. The molecule has 0 aliphatic carbocycles. The van der Waals surface area contributed by atoms with Crippen molar-refractivity contribution in [2.75, 3.05) is 0 Å². The molecule has 0 N–H and O–H groups in total. The first-order valence-corrected chi connectivity index (χ1v) is 12.4. The average Bonchev–Trinajstić information content (AvgIpc) is 2.74. The summed E-state index contributed by atoms with van der Waals surface area (Å²) in [6, 6.07) is 8.91. The fourth-order valence-corrected chi connectivity index (χ4v) is 3.71. The molecule has 2 atom stereocenters. The number of unbranched alkanes of at least 4 members (excludes halogenated alkanes) is 2. The maximum absolute atomic E-state index is 5.03. The number of benzene rings is 1. The highest BCUT2D eigenvalue weighted by Crippen LogP contribution is 2.31. The summed E-state index contributed by atoms with van der Waals surface area (Å²) in [5.41, 5.74) is 2.09. The lowest BCUT2D eigenvalue weighted by Crippen LogP contribution is -2.20. The summed E-state index contributed by atoms with van der Waals surface area (Å²) in [5, 5.41) is 0. The van der Waals surface area contributed by atoms with Crippen molar-refractivity contribution in [2.45, 2.75) is 118 Å². The van der Waals surface area contributed by atoms with Crippen molar-refractivity contribution in [1.82, 2.24) is 0 Å². The Balaban J connectivity index is 3.01. The maximum Gasteiger partial charge on any atom is 0.0796 e. The molecule has 2 nitrogen and oxygen atoms in total. The van der Waals surface area contributed by atoms with Gasteiger partial charge in [-0.05, 0) is 76.3 Å². The monoisotopic (exact) mass is 412 g/mol. The zero-order chi connectivity index (χ0) is 22.6. The molecule has 0 bridgehead atoms. The van der Waals surface area contributed by atoms with Gasteiger partial charge in [0.05, 0.1) is 11.1 Å². The van der Waals surface area contributed by atoms with Crippen LogP contribution in [0, 0.1) is 11.8 Å². The number of rotatable bonds is 14. The van der Waals surface area contributed by atoms with E-state index in [9.17, 15) is 0 Å². The summed E-state index contributed by atoms with van der Waals surface area (Å²) in [5.74, 6) is 1.17. The fraction of sp³-hybridized carbons (Fsp3) is 0.714. The van der Waals surface area contributed by atoms with Gasteiger partial charge in [-0.25, -0.2) is 0 Å². The van der Waals surface area contributed by atoms with Gasteiger partial charge >= 0.3 is 0 Å².